The summed E-state index contributed by atoms with van der Waals surface area (Å²) in [5.41, 5.74) is 1.78. The third kappa shape index (κ3) is 3.80. The minimum Gasteiger partial charge on any atom is -0.454 e. The first kappa shape index (κ1) is 20.1. The van der Waals surface area contributed by atoms with Gasteiger partial charge in [-0.05, 0) is 38.2 Å². The van der Waals surface area contributed by atoms with Crippen LogP contribution in [-0.2, 0) is 14.8 Å². The SMILES string of the molecule is CNS(=O)(=O)c1ccc(Cl)c(C(=O)OCC(=O)c2c(C)[nH]c3ccccc23)c1. The molecule has 0 saturated heterocycles. The van der Waals surface area contributed by atoms with Gasteiger partial charge in [0.1, 0.15) is 0 Å². The van der Waals surface area contributed by atoms with Gasteiger partial charge in [0.2, 0.25) is 15.8 Å². The Kier molecular flexibility index (Phi) is 5.55. The molecule has 0 aliphatic carbocycles. The number of hydrogen-bond donors (Lipinski definition) is 2. The number of ketones is 1. The number of rotatable bonds is 6. The number of carbonyl (C=O) groups is 2. The molecule has 0 bridgehead atoms. The molecule has 2 N–H and O–H groups in total. The van der Waals surface area contributed by atoms with Crippen LogP contribution in [0, 0.1) is 6.92 Å². The average molecular weight is 421 g/mol. The highest BCUT2D eigenvalue weighted by Gasteiger charge is 2.21. The average Bonchev–Trinajstić information content (AvgIpc) is 3.01. The van der Waals surface area contributed by atoms with Crippen LogP contribution in [0.15, 0.2) is 47.4 Å². The van der Waals surface area contributed by atoms with Gasteiger partial charge in [-0.1, -0.05) is 29.8 Å². The third-order valence-electron chi connectivity index (χ3n) is 4.24. The fraction of sp³-hybridized carbons (Fsp3) is 0.158. The fourth-order valence-corrected chi connectivity index (χ4v) is 3.81. The summed E-state index contributed by atoms with van der Waals surface area (Å²) in [5, 5.41) is 0.761. The first-order valence-corrected chi connectivity index (χ1v) is 10.1. The number of benzene rings is 2. The van der Waals surface area contributed by atoms with Crippen LogP contribution in [0.2, 0.25) is 5.02 Å². The molecule has 9 heteroatoms. The van der Waals surface area contributed by atoms with E-state index in [0.717, 1.165) is 17.0 Å². The molecule has 2 aromatic carbocycles. The number of aromatic nitrogens is 1. The van der Waals surface area contributed by atoms with Crippen molar-refractivity contribution in [2.75, 3.05) is 13.7 Å². The quantitative estimate of drug-likeness (QED) is 0.471. The molecule has 0 amide bonds. The number of hydrogen-bond acceptors (Lipinski definition) is 5. The number of carbonyl (C=O) groups excluding carboxylic acids is 2. The Morgan fingerprint density at radius 2 is 1.89 bits per heavy atom. The van der Waals surface area contributed by atoms with Crippen LogP contribution in [0.25, 0.3) is 10.9 Å². The van der Waals surface area contributed by atoms with Gasteiger partial charge in [-0.25, -0.2) is 17.9 Å². The normalized spacial score (nSPS) is 11.5. The minimum absolute atomic E-state index is 0.0239. The highest BCUT2D eigenvalue weighted by Crippen LogP contribution is 2.24. The number of nitrogens with one attached hydrogen (secondary N) is 2. The lowest BCUT2D eigenvalue weighted by molar-refractivity contribution is 0.0475. The molecule has 28 heavy (non-hydrogen) atoms. The van der Waals surface area contributed by atoms with Crippen molar-refractivity contribution in [3.05, 3.63) is 64.3 Å². The van der Waals surface area contributed by atoms with Crippen molar-refractivity contribution in [1.82, 2.24) is 9.71 Å². The van der Waals surface area contributed by atoms with Crippen LogP contribution < -0.4 is 4.72 Å². The third-order valence-corrected chi connectivity index (χ3v) is 5.99. The van der Waals surface area contributed by atoms with E-state index >= 15 is 0 Å². The van der Waals surface area contributed by atoms with Crippen molar-refractivity contribution in [2.45, 2.75) is 11.8 Å². The van der Waals surface area contributed by atoms with Gasteiger partial charge in [-0.3, -0.25) is 4.79 Å². The molecule has 0 atom stereocenters. The predicted molar refractivity (Wildman–Crippen MR) is 105 cm³/mol. The van der Waals surface area contributed by atoms with E-state index in [9.17, 15) is 18.0 Å². The van der Waals surface area contributed by atoms with Crippen LogP contribution in [0.4, 0.5) is 0 Å². The summed E-state index contributed by atoms with van der Waals surface area (Å²) in [4.78, 5) is 27.9. The van der Waals surface area contributed by atoms with E-state index in [1.54, 1.807) is 13.0 Å². The molecule has 1 heterocycles. The lowest BCUT2D eigenvalue weighted by Crippen LogP contribution is -2.20. The molecule has 0 aliphatic heterocycles. The van der Waals surface area contributed by atoms with Gasteiger partial charge in [0.25, 0.3) is 0 Å². The molecule has 1 aromatic heterocycles. The molecule has 7 nitrogen and oxygen atoms in total. The van der Waals surface area contributed by atoms with Crippen LogP contribution in [-0.4, -0.2) is 38.8 Å². The van der Waals surface area contributed by atoms with Crippen molar-refractivity contribution in [1.29, 1.82) is 0 Å². The molecule has 0 saturated carbocycles. The number of halogens is 1. The van der Waals surface area contributed by atoms with Crippen molar-refractivity contribution in [3.8, 4) is 0 Å². The zero-order chi connectivity index (χ0) is 20.5. The smallest absolute Gasteiger partial charge is 0.340 e. The maximum absolute atomic E-state index is 12.6. The number of esters is 1. The monoisotopic (exact) mass is 420 g/mol. The predicted octanol–water partition coefficient (Wildman–Crippen LogP) is 3.08. The van der Waals surface area contributed by atoms with Gasteiger partial charge in [0.05, 0.1) is 15.5 Å². The van der Waals surface area contributed by atoms with Crippen molar-refractivity contribution < 1.29 is 22.7 Å². The molecule has 0 spiro atoms. The van der Waals surface area contributed by atoms with Crippen molar-refractivity contribution in [3.63, 3.8) is 0 Å². The van der Waals surface area contributed by atoms with Crippen molar-refractivity contribution in [2.24, 2.45) is 0 Å². The van der Waals surface area contributed by atoms with Gasteiger partial charge < -0.3 is 9.72 Å². The molecule has 0 unspecified atom stereocenters. The van der Waals surface area contributed by atoms with E-state index in [2.05, 4.69) is 9.71 Å². The molecular weight excluding hydrogens is 404 g/mol. The standard InChI is InChI=1S/C19H17ClN2O5S/c1-11-18(13-5-3-4-6-16(13)22-11)17(23)10-27-19(24)14-9-12(7-8-15(14)20)28(25,26)21-2/h3-9,21-22H,10H2,1-2H3. The maximum atomic E-state index is 12.6. The Labute approximate surface area is 166 Å². The Morgan fingerprint density at radius 1 is 1.18 bits per heavy atom. The van der Waals surface area contributed by atoms with Gasteiger partial charge in [-0.15, -0.1) is 0 Å². The highest BCUT2D eigenvalue weighted by molar-refractivity contribution is 7.89. The van der Waals surface area contributed by atoms with Gasteiger partial charge in [-0.2, -0.15) is 0 Å². The summed E-state index contributed by atoms with van der Waals surface area (Å²) in [6, 6.07) is 11.0. The topological polar surface area (TPSA) is 105 Å². The van der Waals surface area contributed by atoms with Gasteiger partial charge in [0.15, 0.2) is 6.61 Å². The lowest BCUT2D eigenvalue weighted by atomic mass is 10.1. The summed E-state index contributed by atoms with van der Waals surface area (Å²) in [5.74, 6) is -1.26. The van der Waals surface area contributed by atoms with E-state index in [-0.39, 0.29) is 21.3 Å². The summed E-state index contributed by atoms with van der Waals surface area (Å²) < 4.78 is 31.1. The number of aryl methyl sites for hydroxylation is 1. The lowest BCUT2D eigenvalue weighted by Gasteiger charge is -2.08. The number of fused-ring (bicyclic) bond motifs is 1. The second kappa shape index (κ2) is 7.75. The Bertz CT molecular complexity index is 1180. The molecule has 146 valence electrons. The zero-order valence-corrected chi connectivity index (χ0v) is 16.6. The Morgan fingerprint density at radius 3 is 2.61 bits per heavy atom. The van der Waals surface area contributed by atoms with E-state index in [4.69, 9.17) is 16.3 Å². The second-order valence-corrected chi connectivity index (χ2v) is 8.31. The molecule has 0 radical (unpaired) electrons. The number of para-hydroxylation sites is 1. The Hall–Kier alpha value is -2.68. The number of Topliss-reactive ketones (excluding diaryl/α,β-unsaturated/α-hetero) is 1. The van der Waals surface area contributed by atoms with Crippen molar-refractivity contribution >= 4 is 44.3 Å². The van der Waals surface area contributed by atoms with Crippen LogP contribution in [0.5, 0.6) is 0 Å². The molecule has 0 fully saturated rings. The zero-order valence-electron chi connectivity index (χ0n) is 15.1. The largest absolute Gasteiger partial charge is 0.454 e. The number of ether oxygens (including phenoxy) is 1. The number of H-pyrrole nitrogens is 1. The van der Waals surface area contributed by atoms with E-state index in [0.29, 0.717) is 11.3 Å². The van der Waals surface area contributed by atoms with Crippen LogP contribution >= 0.6 is 11.6 Å². The number of aromatic amines is 1. The summed E-state index contributed by atoms with van der Waals surface area (Å²) in [6.07, 6.45) is 0. The first-order valence-electron chi connectivity index (χ1n) is 8.25. The molecule has 3 rings (SSSR count). The highest BCUT2D eigenvalue weighted by atomic mass is 35.5. The van der Waals surface area contributed by atoms with Gasteiger partial charge >= 0.3 is 5.97 Å². The van der Waals surface area contributed by atoms with Crippen LogP contribution in [0.1, 0.15) is 26.4 Å². The first-order chi connectivity index (χ1) is 13.2. The van der Waals surface area contributed by atoms with Gasteiger partial charge in [0, 0.05) is 22.2 Å². The molecule has 0 aliphatic rings. The fourth-order valence-electron chi connectivity index (χ4n) is 2.86. The number of sulfonamides is 1. The molecular formula is C19H17ClN2O5S. The second-order valence-electron chi connectivity index (χ2n) is 6.02. The molecule has 3 aromatic rings. The van der Waals surface area contributed by atoms with Crippen LogP contribution in [0.3, 0.4) is 0 Å². The summed E-state index contributed by atoms with van der Waals surface area (Å²) in [7, 11) is -2.50. The van der Waals surface area contributed by atoms with E-state index in [1.165, 1.54) is 19.2 Å². The maximum Gasteiger partial charge on any atom is 0.340 e. The Balaban J connectivity index is 1.81. The summed E-state index contributed by atoms with van der Waals surface area (Å²) >= 11 is 6.00. The minimum atomic E-state index is -3.76. The van der Waals surface area contributed by atoms with E-state index in [1.807, 2.05) is 18.2 Å². The van der Waals surface area contributed by atoms with E-state index < -0.39 is 22.6 Å². The summed E-state index contributed by atoms with van der Waals surface area (Å²) in [6.45, 7) is 1.26.